The van der Waals surface area contributed by atoms with E-state index in [1.54, 1.807) is 0 Å². The van der Waals surface area contributed by atoms with Crippen LogP contribution >= 0.6 is 0 Å². The van der Waals surface area contributed by atoms with Crippen LogP contribution in [0.15, 0.2) is 42.5 Å². The van der Waals surface area contributed by atoms with E-state index >= 15 is 4.39 Å². The Kier molecular flexibility index (Phi) is 6.09. The number of amides is 1. The summed E-state index contributed by atoms with van der Waals surface area (Å²) in [4.78, 5) is 25.9. The average Bonchev–Trinajstić information content (AvgIpc) is 2.79. The van der Waals surface area contributed by atoms with E-state index in [1.165, 1.54) is 0 Å². The van der Waals surface area contributed by atoms with Gasteiger partial charge in [-0.2, -0.15) is 0 Å². The van der Waals surface area contributed by atoms with Crippen LogP contribution in [0.4, 0.5) is 4.39 Å². The maximum absolute atomic E-state index is 16.0. The van der Waals surface area contributed by atoms with E-state index in [-0.39, 0.29) is 41.9 Å². The second-order valence-corrected chi connectivity index (χ2v) is 10.3. The van der Waals surface area contributed by atoms with E-state index < -0.39 is 5.54 Å². The Hall–Kier alpha value is -2.53. The molecule has 4 atom stereocenters. The molecule has 5 heteroatoms. The molecular formula is C28H32FNO3. The van der Waals surface area contributed by atoms with Crippen molar-refractivity contribution in [3.05, 3.63) is 59.4 Å². The highest BCUT2D eigenvalue weighted by Gasteiger charge is 2.52. The van der Waals surface area contributed by atoms with Gasteiger partial charge in [-0.3, -0.25) is 9.59 Å². The molecule has 2 aliphatic carbocycles. The van der Waals surface area contributed by atoms with Crippen molar-refractivity contribution in [2.45, 2.75) is 57.4 Å². The van der Waals surface area contributed by atoms with Crippen LogP contribution in [0.1, 0.15) is 50.2 Å². The van der Waals surface area contributed by atoms with Gasteiger partial charge in [0.15, 0.2) is 0 Å². The van der Waals surface area contributed by atoms with Gasteiger partial charge in [-0.05, 0) is 67.1 Å². The molecule has 3 aliphatic rings. The highest BCUT2D eigenvalue weighted by molar-refractivity contribution is 5.83. The maximum Gasteiger partial charge on any atom is 0.246 e. The van der Waals surface area contributed by atoms with Gasteiger partial charge < -0.3 is 10.1 Å². The van der Waals surface area contributed by atoms with Gasteiger partial charge in [-0.25, -0.2) is 4.39 Å². The number of morpholine rings is 1. The fraction of sp³-hybridized carbons (Fsp3) is 0.500. The van der Waals surface area contributed by atoms with Crippen molar-refractivity contribution in [3.8, 4) is 11.1 Å². The van der Waals surface area contributed by atoms with Crippen LogP contribution in [0.2, 0.25) is 0 Å². The first kappa shape index (κ1) is 22.3. The molecule has 2 bridgehead atoms. The predicted octanol–water partition coefficient (Wildman–Crippen LogP) is 4.88. The highest BCUT2D eigenvalue weighted by atomic mass is 19.1. The molecule has 1 saturated heterocycles. The van der Waals surface area contributed by atoms with Gasteiger partial charge >= 0.3 is 0 Å². The van der Waals surface area contributed by atoms with E-state index in [0.29, 0.717) is 30.6 Å². The van der Waals surface area contributed by atoms with Crippen LogP contribution in [-0.4, -0.2) is 30.4 Å². The number of aryl methyl sites for hydroxylation is 1. The normalized spacial score (nSPS) is 30.3. The number of hydrogen-bond acceptors (Lipinski definition) is 3. The molecule has 1 saturated carbocycles. The Bertz CT molecular complexity index is 1070. The Labute approximate surface area is 194 Å². The molecule has 5 rings (SSSR count). The van der Waals surface area contributed by atoms with E-state index in [1.807, 2.05) is 36.4 Å². The molecule has 1 N–H and O–H groups in total. The summed E-state index contributed by atoms with van der Waals surface area (Å²) in [5, 5.41) is 3.21. The van der Waals surface area contributed by atoms with Crippen molar-refractivity contribution >= 4 is 11.7 Å². The molecular weight excluding hydrogens is 417 g/mol. The molecule has 33 heavy (non-hydrogen) atoms. The molecule has 1 heterocycles. The Morgan fingerprint density at radius 1 is 1.00 bits per heavy atom. The van der Waals surface area contributed by atoms with Gasteiger partial charge in [0.2, 0.25) is 5.91 Å². The number of ketones is 1. The number of nitrogens with one attached hydrogen (secondary N) is 1. The lowest BCUT2D eigenvalue weighted by atomic mass is 9.60. The molecule has 1 aliphatic heterocycles. The van der Waals surface area contributed by atoms with Crippen molar-refractivity contribution in [3.63, 3.8) is 0 Å². The van der Waals surface area contributed by atoms with Gasteiger partial charge in [0, 0.05) is 17.9 Å². The molecule has 0 aromatic heterocycles. The quantitative estimate of drug-likeness (QED) is 0.624. The Morgan fingerprint density at radius 2 is 1.76 bits per heavy atom. The van der Waals surface area contributed by atoms with Gasteiger partial charge in [-0.15, -0.1) is 0 Å². The third-order valence-electron chi connectivity index (χ3n) is 7.90. The van der Waals surface area contributed by atoms with Crippen LogP contribution in [0.3, 0.4) is 0 Å². The Balaban J connectivity index is 1.62. The lowest BCUT2D eigenvalue weighted by Crippen LogP contribution is -2.66. The van der Waals surface area contributed by atoms with Crippen LogP contribution in [0.5, 0.6) is 0 Å². The molecule has 174 valence electrons. The number of carbonyl (C=O) groups excluding carboxylic acids is 2. The number of fused-ring (bicyclic) bond motifs is 6. The third kappa shape index (κ3) is 4.23. The van der Waals surface area contributed by atoms with E-state index in [4.69, 9.17) is 4.74 Å². The number of halogens is 1. The molecule has 4 nitrogen and oxygen atoms in total. The fourth-order valence-electron chi connectivity index (χ4n) is 6.50. The predicted molar refractivity (Wildman–Crippen MR) is 125 cm³/mol. The van der Waals surface area contributed by atoms with Crippen molar-refractivity contribution < 1.29 is 18.7 Å². The largest absolute Gasteiger partial charge is 0.369 e. The van der Waals surface area contributed by atoms with E-state index in [2.05, 4.69) is 18.3 Å². The van der Waals surface area contributed by atoms with E-state index in [0.717, 1.165) is 43.2 Å². The number of benzene rings is 2. The number of ether oxygens (including phenoxy) is 1. The minimum atomic E-state index is -0.631. The van der Waals surface area contributed by atoms with Crippen LogP contribution in [-0.2, 0) is 27.2 Å². The summed E-state index contributed by atoms with van der Waals surface area (Å²) in [6, 6.07) is 13.6. The summed E-state index contributed by atoms with van der Waals surface area (Å²) in [6.07, 6.45) is 5.00. The second-order valence-electron chi connectivity index (χ2n) is 10.3. The first-order valence-corrected chi connectivity index (χ1v) is 12.2. The molecule has 0 radical (unpaired) electrons. The fourth-order valence-corrected chi connectivity index (χ4v) is 6.50. The lowest BCUT2D eigenvalue weighted by Gasteiger charge is -2.51. The first-order chi connectivity index (χ1) is 16.0. The highest BCUT2D eigenvalue weighted by Crippen LogP contribution is 2.45. The molecule has 2 aromatic rings. The summed E-state index contributed by atoms with van der Waals surface area (Å²) in [7, 11) is 0. The molecule has 1 spiro atoms. The topological polar surface area (TPSA) is 55.4 Å². The summed E-state index contributed by atoms with van der Waals surface area (Å²) >= 11 is 0. The zero-order valence-corrected chi connectivity index (χ0v) is 19.2. The number of rotatable bonds is 0. The molecule has 1 amide bonds. The number of carbonyl (C=O) groups is 2. The minimum absolute atomic E-state index is 0.0437. The zero-order valence-electron chi connectivity index (χ0n) is 19.2. The smallest absolute Gasteiger partial charge is 0.246 e. The SMILES string of the molecule is C[C@H]1C[C@H]2C(=O)CCCCc3ccccc3-c3cccc(c3F)CC2C2(COCC(=O)N2)C1. The number of Topliss-reactive ketones (excluding diaryl/α,β-unsaturated/α-hetero) is 1. The number of hydrogen-bond donors (Lipinski definition) is 1. The van der Waals surface area contributed by atoms with Gasteiger partial charge in [-0.1, -0.05) is 49.4 Å². The Morgan fingerprint density at radius 3 is 2.61 bits per heavy atom. The third-order valence-corrected chi connectivity index (χ3v) is 7.90. The first-order valence-electron chi connectivity index (χ1n) is 12.2. The van der Waals surface area contributed by atoms with Crippen LogP contribution in [0.25, 0.3) is 11.1 Å². The maximum atomic E-state index is 16.0. The van der Waals surface area contributed by atoms with Crippen molar-refractivity contribution in [1.29, 1.82) is 0 Å². The van der Waals surface area contributed by atoms with E-state index in [9.17, 15) is 9.59 Å². The van der Waals surface area contributed by atoms with Crippen LogP contribution in [0, 0.1) is 23.6 Å². The van der Waals surface area contributed by atoms with Gasteiger partial charge in [0.05, 0.1) is 12.1 Å². The molecule has 2 fully saturated rings. The molecule has 2 unspecified atom stereocenters. The second kappa shape index (κ2) is 9.02. The summed E-state index contributed by atoms with van der Waals surface area (Å²) < 4.78 is 21.7. The lowest BCUT2D eigenvalue weighted by molar-refractivity contribution is -0.146. The van der Waals surface area contributed by atoms with Crippen LogP contribution < -0.4 is 5.32 Å². The monoisotopic (exact) mass is 449 g/mol. The van der Waals surface area contributed by atoms with Gasteiger partial charge in [0.25, 0.3) is 0 Å². The summed E-state index contributed by atoms with van der Waals surface area (Å²) in [5.41, 5.74) is 2.65. The zero-order chi connectivity index (χ0) is 23.0. The van der Waals surface area contributed by atoms with Crippen molar-refractivity contribution in [2.24, 2.45) is 17.8 Å². The standard InChI is InChI=1S/C28H32FNO3/c1-18-13-23-24(28(15-18)17-33-16-26(32)30-28)14-20-9-6-11-22(27(20)29)21-10-4-2-7-19(21)8-3-5-12-25(23)31/h2,4,6-7,9-11,18,23-24H,3,5,8,12-17H2,1H3,(H,30,32)/t18-,23+,24?,28?/m0/s1. The molecule has 2 aromatic carbocycles. The summed E-state index contributed by atoms with van der Waals surface area (Å²) in [6.45, 7) is 2.56. The summed E-state index contributed by atoms with van der Waals surface area (Å²) in [5.74, 6) is -0.226. The average molecular weight is 450 g/mol. The van der Waals surface area contributed by atoms with Crippen molar-refractivity contribution in [1.82, 2.24) is 5.32 Å². The van der Waals surface area contributed by atoms with Crippen molar-refractivity contribution in [2.75, 3.05) is 13.2 Å². The minimum Gasteiger partial charge on any atom is -0.369 e. The van der Waals surface area contributed by atoms with Gasteiger partial charge in [0.1, 0.15) is 18.2 Å².